The number of carbonyl (C=O) groups is 1. The lowest BCUT2D eigenvalue weighted by Gasteiger charge is -2.14. The summed E-state index contributed by atoms with van der Waals surface area (Å²) in [6.07, 6.45) is 5.92. The molecule has 0 radical (unpaired) electrons. The highest BCUT2D eigenvalue weighted by atomic mass is 16.5. The van der Waals surface area contributed by atoms with Gasteiger partial charge in [-0.2, -0.15) is 0 Å². The van der Waals surface area contributed by atoms with Crippen molar-refractivity contribution in [3.63, 3.8) is 0 Å². The van der Waals surface area contributed by atoms with Crippen molar-refractivity contribution in [3.8, 4) is 0 Å². The number of carbonyl (C=O) groups excluding carboxylic acids is 1. The smallest absolute Gasteiger partial charge is 0.220 e. The molecule has 0 aromatic carbocycles. The predicted octanol–water partition coefficient (Wildman–Crippen LogP) is 1.19. The van der Waals surface area contributed by atoms with E-state index in [1.54, 1.807) is 0 Å². The molecule has 0 aromatic heterocycles. The molecule has 4 nitrogen and oxygen atoms in total. The van der Waals surface area contributed by atoms with E-state index >= 15 is 0 Å². The Bertz CT molecular complexity index is 203. The van der Waals surface area contributed by atoms with E-state index in [0.29, 0.717) is 19.1 Å². The van der Waals surface area contributed by atoms with Crippen molar-refractivity contribution >= 4 is 5.91 Å². The van der Waals surface area contributed by atoms with Crippen LogP contribution >= 0.6 is 0 Å². The van der Waals surface area contributed by atoms with Crippen LogP contribution in [0.15, 0.2) is 0 Å². The molecule has 0 bridgehead atoms. The van der Waals surface area contributed by atoms with Gasteiger partial charge in [0, 0.05) is 19.1 Å². The van der Waals surface area contributed by atoms with Crippen LogP contribution in [0.4, 0.5) is 0 Å². The number of hydrogen-bond acceptors (Lipinski definition) is 3. The van der Waals surface area contributed by atoms with Crippen LogP contribution in [-0.4, -0.2) is 31.2 Å². The number of rotatable bonds is 7. The van der Waals surface area contributed by atoms with Crippen LogP contribution in [0, 0.1) is 0 Å². The molecule has 1 saturated heterocycles. The maximum Gasteiger partial charge on any atom is 0.220 e. The number of ether oxygens (including phenoxy) is 1. The molecule has 1 amide bonds. The zero-order valence-electron chi connectivity index (χ0n) is 10.2. The van der Waals surface area contributed by atoms with Crippen LogP contribution in [0.5, 0.6) is 0 Å². The van der Waals surface area contributed by atoms with Gasteiger partial charge in [-0.3, -0.25) is 4.79 Å². The minimum absolute atomic E-state index is 0.139. The minimum atomic E-state index is 0.139. The maximum atomic E-state index is 11.6. The fourth-order valence-corrected chi connectivity index (χ4v) is 2.01. The third kappa shape index (κ3) is 5.47. The summed E-state index contributed by atoms with van der Waals surface area (Å²) in [5.74, 6) is 0.139. The Kier molecular flexibility index (Phi) is 6.42. The van der Waals surface area contributed by atoms with Gasteiger partial charge in [0.25, 0.3) is 0 Å². The van der Waals surface area contributed by atoms with Gasteiger partial charge in [0.1, 0.15) is 0 Å². The van der Waals surface area contributed by atoms with E-state index in [2.05, 4.69) is 5.32 Å². The molecule has 0 spiro atoms. The van der Waals surface area contributed by atoms with Gasteiger partial charge in [-0.25, -0.2) is 0 Å². The summed E-state index contributed by atoms with van der Waals surface area (Å²) in [6.45, 7) is 3.58. The van der Waals surface area contributed by atoms with Crippen molar-refractivity contribution in [2.24, 2.45) is 5.73 Å². The molecule has 0 aromatic rings. The third-order valence-corrected chi connectivity index (χ3v) is 2.97. The first kappa shape index (κ1) is 13.5. The van der Waals surface area contributed by atoms with Crippen LogP contribution in [0.3, 0.4) is 0 Å². The molecule has 1 rings (SSSR count). The Morgan fingerprint density at radius 3 is 3.06 bits per heavy atom. The fourth-order valence-electron chi connectivity index (χ4n) is 2.01. The SMILES string of the molecule is CC(CCCN)NC(=O)CCC1CCCO1. The van der Waals surface area contributed by atoms with E-state index < -0.39 is 0 Å². The van der Waals surface area contributed by atoms with Crippen molar-refractivity contribution in [2.75, 3.05) is 13.2 Å². The first-order valence-corrected chi connectivity index (χ1v) is 6.33. The van der Waals surface area contributed by atoms with Crippen molar-refractivity contribution in [3.05, 3.63) is 0 Å². The van der Waals surface area contributed by atoms with E-state index in [0.717, 1.165) is 38.7 Å². The standard InChI is InChI=1S/C12H24N2O2/c1-10(4-2-8-13)14-12(15)7-6-11-5-3-9-16-11/h10-11H,2-9,13H2,1H3,(H,14,15). The molecule has 1 fully saturated rings. The van der Waals surface area contributed by atoms with Gasteiger partial charge in [0.15, 0.2) is 0 Å². The lowest BCUT2D eigenvalue weighted by Crippen LogP contribution is -2.33. The second kappa shape index (κ2) is 7.63. The molecule has 3 N–H and O–H groups in total. The molecule has 0 aliphatic carbocycles. The number of amides is 1. The van der Waals surface area contributed by atoms with E-state index in [4.69, 9.17) is 10.5 Å². The lowest BCUT2D eigenvalue weighted by atomic mass is 10.1. The maximum absolute atomic E-state index is 11.6. The van der Waals surface area contributed by atoms with Crippen molar-refractivity contribution in [1.29, 1.82) is 0 Å². The molecule has 94 valence electrons. The second-order valence-electron chi connectivity index (χ2n) is 4.57. The largest absolute Gasteiger partial charge is 0.378 e. The van der Waals surface area contributed by atoms with Gasteiger partial charge in [0.2, 0.25) is 5.91 Å². The average Bonchev–Trinajstić information content (AvgIpc) is 2.76. The Morgan fingerprint density at radius 2 is 2.44 bits per heavy atom. The van der Waals surface area contributed by atoms with Gasteiger partial charge in [0.05, 0.1) is 6.10 Å². The van der Waals surface area contributed by atoms with E-state index in [9.17, 15) is 4.79 Å². The van der Waals surface area contributed by atoms with Crippen molar-refractivity contribution in [1.82, 2.24) is 5.32 Å². The lowest BCUT2D eigenvalue weighted by molar-refractivity contribution is -0.122. The fraction of sp³-hybridized carbons (Fsp3) is 0.917. The summed E-state index contributed by atoms with van der Waals surface area (Å²) >= 11 is 0. The molecule has 2 unspecified atom stereocenters. The van der Waals surface area contributed by atoms with Crippen LogP contribution < -0.4 is 11.1 Å². The van der Waals surface area contributed by atoms with Crippen LogP contribution in [0.2, 0.25) is 0 Å². The van der Waals surface area contributed by atoms with E-state index in [-0.39, 0.29) is 11.9 Å². The summed E-state index contributed by atoms with van der Waals surface area (Å²) in [5.41, 5.74) is 5.42. The van der Waals surface area contributed by atoms with E-state index in [1.165, 1.54) is 0 Å². The monoisotopic (exact) mass is 228 g/mol. The van der Waals surface area contributed by atoms with Crippen LogP contribution in [-0.2, 0) is 9.53 Å². The zero-order valence-corrected chi connectivity index (χ0v) is 10.2. The first-order valence-electron chi connectivity index (χ1n) is 6.33. The molecule has 1 heterocycles. The van der Waals surface area contributed by atoms with Crippen LogP contribution in [0.1, 0.15) is 45.4 Å². The van der Waals surface area contributed by atoms with Crippen molar-refractivity contribution < 1.29 is 9.53 Å². The molecule has 4 heteroatoms. The highest BCUT2D eigenvalue weighted by Gasteiger charge is 2.17. The van der Waals surface area contributed by atoms with Crippen LogP contribution in [0.25, 0.3) is 0 Å². The molecule has 1 aliphatic heterocycles. The summed E-state index contributed by atoms with van der Waals surface area (Å²) in [7, 11) is 0. The predicted molar refractivity (Wildman–Crippen MR) is 64.1 cm³/mol. The average molecular weight is 228 g/mol. The number of nitrogens with two attached hydrogens (primary N) is 1. The van der Waals surface area contributed by atoms with E-state index in [1.807, 2.05) is 6.92 Å². The quantitative estimate of drug-likeness (QED) is 0.688. The highest BCUT2D eigenvalue weighted by molar-refractivity contribution is 5.76. The molecular weight excluding hydrogens is 204 g/mol. The Labute approximate surface area is 97.9 Å². The normalized spacial score (nSPS) is 22.0. The zero-order chi connectivity index (χ0) is 11.8. The second-order valence-corrected chi connectivity index (χ2v) is 4.57. The minimum Gasteiger partial charge on any atom is -0.378 e. The van der Waals surface area contributed by atoms with Gasteiger partial charge in [-0.1, -0.05) is 0 Å². The summed E-state index contributed by atoms with van der Waals surface area (Å²) in [5, 5.41) is 2.99. The van der Waals surface area contributed by atoms with Gasteiger partial charge in [-0.05, 0) is 45.6 Å². The molecule has 1 aliphatic rings. The number of nitrogens with one attached hydrogen (secondary N) is 1. The topological polar surface area (TPSA) is 64.3 Å². The highest BCUT2D eigenvalue weighted by Crippen LogP contribution is 2.16. The summed E-state index contributed by atoms with van der Waals surface area (Å²) in [6, 6.07) is 0.237. The molecular formula is C12H24N2O2. The summed E-state index contributed by atoms with van der Waals surface area (Å²) in [4.78, 5) is 11.6. The molecule has 0 saturated carbocycles. The molecule has 16 heavy (non-hydrogen) atoms. The Hall–Kier alpha value is -0.610. The Morgan fingerprint density at radius 1 is 1.62 bits per heavy atom. The van der Waals surface area contributed by atoms with Gasteiger partial charge in [-0.15, -0.1) is 0 Å². The number of hydrogen-bond donors (Lipinski definition) is 2. The summed E-state index contributed by atoms with van der Waals surface area (Å²) < 4.78 is 5.48. The van der Waals surface area contributed by atoms with Gasteiger partial charge < -0.3 is 15.8 Å². The van der Waals surface area contributed by atoms with Gasteiger partial charge >= 0.3 is 0 Å². The molecule has 2 atom stereocenters. The van der Waals surface area contributed by atoms with Crippen molar-refractivity contribution in [2.45, 2.75) is 57.6 Å². The third-order valence-electron chi connectivity index (χ3n) is 2.97. The Balaban J connectivity index is 2.05. The first-order chi connectivity index (χ1) is 7.72.